The molecular formula is C14H12N4O2. The van der Waals surface area contributed by atoms with E-state index < -0.39 is 5.91 Å². The number of hydrogen-bond donors (Lipinski definition) is 2. The van der Waals surface area contributed by atoms with Gasteiger partial charge in [-0.05, 0) is 19.1 Å². The van der Waals surface area contributed by atoms with E-state index in [4.69, 9.17) is 0 Å². The topological polar surface area (TPSA) is 79.3 Å². The van der Waals surface area contributed by atoms with Gasteiger partial charge in [-0.1, -0.05) is 6.07 Å². The SMILES string of the molecule is Cc1c[nH]cc(C(=O)Nc2cc3ccccn3n2)c1=O. The standard InChI is InChI=1S/C14H12N4O2/c1-9-7-15-8-11(13(9)19)14(20)16-12-6-10-4-2-3-5-18(10)17-12/h2-8H,1H3,(H,15,19)(H,16,17,20). The van der Waals surface area contributed by atoms with Crippen LogP contribution in [-0.4, -0.2) is 20.5 Å². The number of pyridine rings is 2. The van der Waals surface area contributed by atoms with Crippen molar-refractivity contribution in [3.63, 3.8) is 0 Å². The van der Waals surface area contributed by atoms with Crippen LogP contribution in [0.25, 0.3) is 5.52 Å². The Bertz CT molecular complexity index is 815. The average Bonchev–Trinajstić information content (AvgIpc) is 2.83. The molecule has 0 aliphatic rings. The number of fused-ring (bicyclic) bond motifs is 1. The van der Waals surface area contributed by atoms with Crippen molar-refractivity contribution in [2.75, 3.05) is 5.32 Å². The summed E-state index contributed by atoms with van der Waals surface area (Å²) in [5.74, 6) is -0.0690. The van der Waals surface area contributed by atoms with Crippen LogP contribution in [0.4, 0.5) is 5.82 Å². The van der Waals surface area contributed by atoms with Crippen molar-refractivity contribution in [1.29, 1.82) is 0 Å². The van der Waals surface area contributed by atoms with E-state index in [-0.39, 0.29) is 11.0 Å². The van der Waals surface area contributed by atoms with Gasteiger partial charge in [0.1, 0.15) is 5.56 Å². The Morgan fingerprint density at radius 2 is 2.20 bits per heavy atom. The van der Waals surface area contributed by atoms with E-state index in [0.29, 0.717) is 11.4 Å². The molecule has 20 heavy (non-hydrogen) atoms. The summed E-state index contributed by atoms with van der Waals surface area (Å²) >= 11 is 0. The van der Waals surface area contributed by atoms with Crippen molar-refractivity contribution in [2.24, 2.45) is 0 Å². The number of aromatic nitrogens is 3. The summed E-state index contributed by atoms with van der Waals surface area (Å²) in [4.78, 5) is 26.7. The Hall–Kier alpha value is -2.89. The first-order valence-electron chi connectivity index (χ1n) is 6.08. The Labute approximate surface area is 114 Å². The molecule has 0 fully saturated rings. The Kier molecular flexibility index (Phi) is 2.83. The van der Waals surface area contributed by atoms with Crippen molar-refractivity contribution in [2.45, 2.75) is 6.92 Å². The van der Waals surface area contributed by atoms with Gasteiger partial charge in [0, 0.05) is 30.2 Å². The first kappa shape index (κ1) is 12.2. The zero-order valence-electron chi connectivity index (χ0n) is 10.8. The third-order valence-corrected chi connectivity index (χ3v) is 2.99. The van der Waals surface area contributed by atoms with Gasteiger partial charge in [-0.15, -0.1) is 0 Å². The highest BCUT2D eigenvalue weighted by Gasteiger charge is 2.13. The maximum atomic E-state index is 12.1. The Balaban J connectivity index is 1.92. The molecule has 0 bridgehead atoms. The lowest BCUT2D eigenvalue weighted by Gasteiger charge is -2.01. The van der Waals surface area contributed by atoms with Gasteiger partial charge in [0.25, 0.3) is 5.91 Å². The van der Waals surface area contributed by atoms with E-state index in [1.54, 1.807) is 29.9 Å². The van der Waals surface area contributed by atoms with Gasteiger partial charge in [-0.2, -0.15) is 5.10 Å². The predicted molar refractivity (Wildman–Crippen MR) is 74.9 cm³/mol. The number of aryl methyl sites for hydroxylation is 1. The van der Waals surface area contributed by atoms with Crippen molar-refractivity contribution >= 4 is 17.2 Å². The molecule has 6 nitrogen and oxygen atoms in total. The number of H-pyrrole nitrogens is 1. The summed E-state index contributed by atoms with van der Waals surface area (Å²) in [5, 5.41) is 6.83. The highest BCUT2D eigenvalue weighted by Crippen LogP contribution is 2.10. The fraction of sp³-hybridized carbons (Fsp3) is 0.0714. The minimum Gasteiger partial charge on any atom is -0.366 e. The number of amides is 1. The summed E-state index contributed by atoms with van der Waals surface area (Å²) in [7, 11) is 0. The van der Waals surface area contributed by atoms with Crippen LogP contribution in [-0.2, 0) is 0 Å². The van der Waals surface area contributed by atoms with Crippen molar-refractivity contribution < 1.29 is 4.79 Å². The lowest BCUT2D eigenvalue weighted by atomic mass is 10.2. The largest absolute Gasteiger partial charge is 0.366 e. The molecule has 3 rings (SSSR count). The summed E-state index contributed by atoms with van der Waals surface area (Å²) in [6.07, 6.45) is 4.73. The zero-order chi connectivity index (χ0) is 14.1. The molecule has 100 valence electrons. The molecule has 0 aliphatic carbocycles. The van der Waals surface area contributed by atoms with Gasteiger partial charge >= 0.3 is 0 Å². The van der Waals surface area contributed by atoms with Gasteiger partial charge < -0.3 is 10.3 Å². The summed E-state index contributed by atoms with van der Waals surface area (Å²) in [6, 6.07) is 7.34. The number of anilines is 1. The van der Waals surface area contributed by atoms with Crippen molar-refractivity contribution in [3.8, 4) is 0 Å². The number of aromatic amines is 1. The second-order valence-electron chi connectivity index (χ2n) is 4.43. The molecule has 0 aromatic carbocycles. The molecule has 3 aromatic rings. The van der Waals surface area contributed by atoms with Gasteiger partial charge in [0.05, 0.1) is 5.52 Å². The van der Waals surface area contributed by atoms with Crippen molar-refractivity contribution in [1.82, 2.24) is 14.6 Å². The van der Waals surface area contributed by atoms with Gasteiger partial charge in [0.2, 0.25) is 0 Å². The summed E-state index contributed by atoms with van der Waals surface area (Å²) < 4.78 is 1.65. The number of hydrogen-bond acceptors (Lipinski definition) is 3. The van der Waals surface area contributed by atoms with E-state index in [1.165, 1.54) is 6.20 Å². The van der Waals surface area contributed by atoms with E-state index in [9.17, 15) is 9.59 Å². The lowest BCUT2D eigenvalue weighted by molar-refractivity contribution is 0.102. The first-order chi connectivity index (χ1) is 9.65. The van der Waals surface area contributed by atoms with Crippen LogP contribution < -0.4 is 10.7 Å². The second-order valence-corrected chi connectivity index (χ2v) is 4.43. The summed E-state index contributed by atoms with van der Waals surface area (Å²) in [5.41, 5.74) is 1.14. The highest BCUT2D eigenvalue weighted by molar-refractivity contribution is 6.03. The molecular weight excluding hydrogens is 256 g/mol. The van der Waals surface area contributed by atoms with Crippen LogP contribution in [0.2, 0.25) is 0 Å². The molecule has 3 aromatic heterocycles. The first-order valence-corrected chi connectivity index (χ1v) is 6.08. The maximum absolute atomic E-state index is 12.1. The predicted octanol–water partition coefficient (Wildman–Crippen LogP) is 1.58. The van der Waals surface area contributed by atoms with Crippen LogP contribution in [0.3, 0.4) is 0 Å². The molecule has 0 saturated carbocycles. The van der Waals surface area contributed by atoms with Gasteiger partial charge in [-0.3, -0.25) is 9.59 Å². The van der Waals surface area contributed by atoms with E-state index >= 15 is 0 Å². The van der Waals surface area contributed by atoms with Crippen molar-refractivity contribution in [3.05, 3.63) is 64.2 Å². The van der Waals surface area contributed by atoms with Crippen LogP contribution in [0.5, 0.6) is 0 Å². The lowest BCUT2D eigenvalue weighted by Crippen LogP contribution is -2.23. The molecule has 0 spiro atoms. The van der Waals surface area contributed by atoms with Gasteiger partial charge in [-0.25, -0.2) is 4.52 Å². The molecule has 0 radical (unpaired) electrons. The fourth-order valence-corrected chi connectivity index (χ4v) is 1.95. The average molecular weight is 268 g/mol. The normalized spacial score (nSPS) is 10.7. The van der Waals surface area contributed by atoms with Gasteiger partial charge in [0.15, 0.2) is 11.2 Å². The third-order valence-electron chi connectivity index (χ3n) is 2.99. The highest BCUT2D eigenvalue weighted by atomic mass is 16.2. The Morgan fingerprint density at radius 3 is 3.00 bits per heavy atom. The van der Waals surface area contributed by atoms with Crippen LogP contribution in [0.1, 0.15) is 15.9 Å². The minimum atomic E-state index is -0.474. The molecule has 2 N–H and O–H groups in total. The van der Waals surface area contributed by atoms with Crippen LogP contribution >= 0.6 is 0 Å². The quantitative estimate of drug-likeness (QED) is 0.740. The van der Waals surface area contributed by atoms with E-state index in [0.717, 1.165) is 5.52 Å². The van der Waals surface area contributed by atoms with Crippen LogP contribution in [0.15, 0.2) is 47.7 Å². The number of carbonyl (C=O) groups excluding carboxylic acids is 1. The molecule has 0 saturated heterocycles. The monoisotopic (exact) mass is 268 g/mol. The fourth-order valence-electron chi connectivity index (χ4n) is 1.95. The second kappa shape index (κ2) is 4.65. The maximum Gasteiger partial charge on any atom is 0.262 e. The number of nitrogens with one attached hydrogen (secondary N) is 2. The number of carbonyl (C=O) groups is 1. The molecule has 0 unspecified atom stereocenters. The van der Waals surface area contributed by atoms with Crippen LogP contribution in [0, 0.1) is 6.92 Å². The molecule has 0 atom stereocenters. The summed E-state index contributed by atoms with van der Waals surface area (Å²) in [6.45, 7) is 1.65. The number of nitrogens with zero attached hydrogens (tertiary/aromatic N) is 2. The zero-order valence-corrected chi connectivity index (χ0v) is 10.8. The van der Waals surface area contributed by atoms with E-state index in [1.807, 2.05) is 18.2 Å². The smallest absolute Gasteiger partial charge is 0.262 e. The molecule has 3 heterocycles. The van der Waals surface area contributed by atoms with E-state index in [2.05, 4.69) is 15.4 Å². The molecule has 6 heteroatoms. The third kappa shape index (κ3) is 2.07. The minimum absolute atomic E-state index is 0.0713. The molecule has 1 amide bonds. The number of rotatable bonds is 2. The molecule has 0 aliphatic heterocycles. The Morgan fingerprint density at radius 1 is 1.35 bits per heavy atom.